The molecule has 0 bridgehead atoms. The van der Waals surface area contributed by atoms with Crippen molar-refractivity contribution in [2.24, 2.45) is 5.41 Å². The van der Waals surface area contributed by atoms with E-state index in [0.29, 0.717) is 0 Å². The van der Waals surface area contributed by atoms with E-state index in [2.05, 4.69) is 10.3 Å². The van der Waals surface area contributed by atoms with Gasteiger partial charge in [0, 0.05) is 12.6 Å². The van der Waals surface area contributed by atoms with Crippen LogP contribution in [-0.2, 0) is 0 Å². The first-order valence-corrected chi connectivity index (χ1v) is 5.75. The van der Waals surface area contributed by atoms with Gasteiger partial charge < -0.3 is 10.4 Å². The summed E-state index contributed by atoms with van der Waals surface area (Å²) in [5.74, 6) is -6.58. The Morgan fingerprint density at radius 2 is 1.58 bits per heavy atom. The molecule has 1 unspecified atom stereocenters. The van der Waals surface area contributed by atoms with Crippen molar-refractivity contribution >= 4 is 5.69 Å². The van der Waals surface area contributed by atoms with E-state index in [1.807, 2.05) is 0 Å². The van der Waals surface area contributed by atoms with Crippen molar-refractivity contribution in [1.82, 2.24) is 4.98 Å². The topological polar surface area (TPSA) is 45.1 Å². The quantitative estimate of drug-likeness (QED) is 0.658. The van der Waals surface area contributed by atoms with E-state index in [9.17, 15) is 17.6 Å². The second kappa shape index (κ2) is 5.73. The minimum atomic E-state index is -1.71. The standard InChI is InChI=1S/C12H16F4N2O/c1-12(2,3)6(4-5-19)17-9-7(13)10(15)18-11(16)8(9)14/h6,19H,4-5H2,1-3H3,(H,17,18). The van der Waals surface area contributed by atoms with Crippen LogP contribution in [-0.4, -0.2) is 22.7 Å². The first kappa shape index (κ1) is 15.7. The Balaban J connectivity index is 3.16. The number of nitrogens with one attached hydrogen (secondary N) is 1. The fourth-order valence-electron chi connectivity index (χ4n) is 1.64. The number of anilines is 1. The van der Waals surface area contributed by atoms with E-state index in [0.717, 1.165) is 0 Å². The number of pyridine rings is 1. The second-order valence-corrected chi connectivity index (χ2v) is 5.27. The van der Waals surface area contributed by atoms with Crippen LogP contribution in [0.25, 0.3) is 0 Å². The van der Waals surface area contributed by atoms with E-state index in [-0.39, 0.29) is 13.0 Å². The summed E-state index contributed by atoms with van der Waals surface area (Å²) in [6, 6.07) is -0.567. The molecule has 0 radical (unpaired) electrons. The van der Waals surface area contributed by atoms with Crippen molar-refractivity contribution < 1.29 is 22.7 Å². The Hall–Kier alpha value is -1.37. The van der Waals surface area contributed by atoms with Gasteiger partial charge in [0.25, 0.3) is 11.9 Å². The highest BCUT2D eigenvalue weighted by Gasteiger charge is 2.28. The van der Waals surface area contributed by atoms with Gasteiger partial charge in [-0.05, 0) is 11.8 Å². The Morgan fingerprint density at radius 3 is 1.95 bits per heavy atom. The highest BCUT2D eigenvalue weighted by molar-refractivity contribution is 5.46. The molecule has 0 aliphatic heterocycles. The molecule has 1 rings (SSSR count). The van der Waals surface area contributed by atoms with Gasteiger partial charge in [-0.25, -0.2) is 0 Å². The molecule has 3 nitrogen and oxygen atoms in total. The lowest BCUT2D eigenvalue weighted by Gasteiger charge is -2.32. The lowest BCUT2D eigenvalue weighted by molar-refractivity contribution is 0.234. The van der Waals surface area contributed by atoms with Crippen molar-refractivity contribution in [3.05, 3.63) is 23.5 Å². The Bertz CT molecular complexity index is 434. The van der Waals surface area contributed by atoms with Crippen LogP contribution in [0.5, 0.6) is 0 Å². The number of rotatable bonds is 4. The van der Waals surface area contributed by atoms with Gasteiger partial charge in [0.15, 0.2) is 0 Å². The fraction of sp³-hybridized carbons (Fsp3) is 0.583. The van der Waals surface area contributed by atoms with Crippen molar-refractivity contribution in [2.75, 3.05) is 11.9 Å². The van der Waals surface area contributed by atoms with E-state index in [1.54, 1.807) is 20.8 Å². The number of aliphatic hydroxyl groups excluding tert-OH is 1. The molecule has 0 spiro atoms. The Labute approximate surface area is 108 Å². The van der Waals surface area contributed by atoms with Crippen LogP contribution >= 0.6 is 0 Å². The van der Waals surface area contributed by atoms with Crippen LogP contribution in [0.15, 0.2) is 0 Å². The largest absolute Gasteiger partial charge is 0.396 e. The molecule has 2 N–H and O–H groups in total. The molecular weight excluding hydrogens is 264 g/mol. The summed E-state index contributed by atoms with van der Waals surface area (Å²) in [6.45, 7) is 5.08. The van der Waals surface area contributed by atoms with Crippen molar-refractivity contribution in [2.45, 2.75) is 33.2 Å². The molecule has 1 aromatic rings. The van der Waals surface area contributed by atoms with Gasteiger partial charge in [-0.15, -0.1) is 0 Å². The molecule has 0 aliphatic rings. The number of halogens is 4. The number of hydrogen-bond acceptors (Lipinski definition) is 3. The summed E-state index contributed by atoms with van der Waals surface area (Å²) in [5, 5.41) is 11.3. The smallest absolute Gasteiger partial charge is 0.253 e. The number of nitrogens with zero attached hydrogens (tertiary/aromatic N) is 1. The second-order valence-electron chi connectivity index (χ2n) is 5.27. The normalized spacial score (nSPS) is 13.5. The number of hydrogen-bond donors (Lipinski definition) is 2. The van der Waals surface area contributed by atoms with Gasteiger partial charge in [-0.2, -0.15) is 22.5 Å². The molecule has 0 saturated carbocycles. The minimum Gasteiger partial charge on any atom is -0.396 e. The first-order chi connectivity index (χ1) is 8.68. The summed E-state index contributed by atoms with van der Waals surface area (Å²) < 4.78 is 52.9. The van der Waals surface area contributed by atoms with Gasteiger partial charge in [0.1, 0.15) is 5.69 Å². The maximum atomic E-state index is 13.5. The van der Waals surface area contributed by atoms with Gasteiger partial charge >= 0.3 is 0 Å². The lowest BCUT2D eigenvalue weighted by Crippen LogP contribution is -2.35. The molecule has 0 aliphatic carbocycles. The molecule has 1 atom stereocenters. The highest BCUT2D eigenvalue weighted by atomic mass is 19.2. The monoisotopic (exact) mass is 280 g/mol. The summed E-state index contributed by atoms with van der Waals surface area (Å²) in [7, 11) is 0. The zero-order chi connectivity index (χ0) is 14.8. The van der Waals surface area contributed by atoms with E-state index in [1.165, 1.54) is 0 Å². The zero-order valence-corrected chi connectivity index (χ0v) is 10.9. The highest BCUT2D eigenvalue weighted by Crippen LogP contribution is 2.29. The average Bonchev–Trinajstić information content (AvgIpc) is 2.29. The zero-order valence-electron chi connectivity index (χ0n) is 10.9. The van der Waals surface area contributed by atoms with Crippen LogP contribution in [0.4, 0.5) is 23.2 Å². The summed E-state index contributed by atoms with van der Waals surface area (Å²) in [4.78, 5) is 2.48. The predicted molar refractivity (Wildman–Crippen MR) is 62.6 cm³/mol. The molecule has 7 heteroatoms. The molecule has 0 aromatic carbocycles. The molecule has 19 heavy (non-hydrogen) atoms. The van der Waals surface area contributed by atoms with Crippen LogP contribution in [0, 0.1) is 28.9 Å². The van der Waals surface area contributed by atoms with Crippen molar-refractivity contribution in [3.8, 4) is 0 Å². The summed E-state index contributed by atoms with van der Waals surface area (Å²) >= 11 is 0. The van der Waals surface area contributed by atoms with Crippen molar-refractivity contribution in [3.63, 3.8) is 0 Å². The summed E-state index contributed by atoms with van der Waals surface area (Å²) in [5.41, 5.74) is -1.38. The Kier molecular flexibility index (Phi) is 4.73. The fourth-order valence-corrected chi connectivity index (χ4v) is 1.64. The third kappa shape index (κ3) is 3.56. The Morgan fingerprint density at radius 1 is 1.11 bits per heavy atom. The van der Waals surface area contributed by atoms with Crippen LogP contribution in [0.3, 0.4) is 0 Å². The lowest BCUT2D eigenvalue weighted by atomic mass is 9.85. The molecule has 0 fully saturated rings. The molecule has 0 amide bonds. The maximum absolute atomic E-state index is 13.5. The molecule has 1 heterocycles. The molecule has 0 saturated heterocycles. The van der Waals surface area contributed by atoms with E-state index >= 15 is 0 Å². The summed E-state index contributed by atoms with van der Waals surface area (Å²) in [6.07, 6.45) is 0.175. The number of aliphatic hydroxyl groups is 1. The number of aromatic nitrogens is 1. The SMILES string of the molecule is CC(C)(C)C(CCO)Nc1c(F)c(F)nc(F)c1F. The third-order valence-corrected chi connectivity index (χ3v) is 2.78. The average molecular weight is 280 g/mol. The van der Waals surface area contributed by atoms with Gasteiger partial charge in [0.05, 0.1) is 0 Å². The van der Waals surface area contributed by atoms with Crippen LogP contribution in [0.2, 0.25) is 0 Å². The molecule has 1 aromatic heterocycles. The first-order valence-electron chi connectivity index (χ1n) is 5.75. The molecular formula is C12H16F4N2O. The van der Waals surface area contributed by atoms with E-state index in [4.69, 9.17) is 5.11 Å². The van der Waals surface area contributed by atoms with Gasteiger partial charge in [0.2, 0.25) is 11.6 Å². The maximum Gasteiger partial charge on any atom is 0.253 e. The van der Waals surface area contributed by atoms with Gasteiger partial charge in [-0.1, -0.05) is 20.8 Å². The molecule has 108 valence electrons. The van der Waals surface area contributed by atoms with E-state index < -0.39 is 40.7 Å². The van der Waals surface area contributed by atoms with Crippen LogP contribution < -0.4 is 5.32 Å². The van der Waals surface area contributed by atoms with Gasteiger partial charge in [-0.3, -0.25) is 0 Å². The predicted octanol–water partition coefficient (Wildman–Crippen LogP) is 2.85. The third-order valence-electron chi connectivity index (χ3n) is 2.78. The van der Waals surface area contributed by atoms with Crippen LogP contribution in [0.1, 0.15) is 27.2 Å². The minimum absolute atomic E-state index is 0.175. The van der Waals surface area contributed by atoms with Crippen molar-refractivity contribution in [1.29, 1.82) is 0 Å².